The highest BCUT2D eigenvalue weighted by Gasteiger charge is 2.14. The van der Waals surface area contributed by atoms with E-state index in [4.69, 9.17) is 5.73 Å². The van der Waals surface area contributed by atoms with E-state index in [1.54, 1.807) is 0 Å². The number of rotatable bonds is 6. The second-order valence-corrected chi connectivity index (χ2v) is 4.54. The Morgan fingerprint density at radius 1 is 1.12 bits per heavy atom. The molecule has 1 fully saturated rings. The van der Waals surface area contributed by atoms with Gasteiger partial charge in [0.15, 0.2) is 0 Å². The molecular weight excluding hydrogens is 218 g/mol. The van der Waals surface area contributed by atoms with Crippen molar-refractivity contribution >= 4 is 11.8 Å². The molecule has 5 nitrogen and oxygen atoms in total. The predicted octanol–water partition coefficient (Wildman–Crippen LogP) is 0.244. The molecular formula is C12H23N3O2. The van der Waals surface area contributed by atoms with Crippen LogP contribution in [0.5, 0.6) is 0 Å². The summed E-state index contributed by atoms with van der Waals surface area (Å²) in [6.45, 7) is 2.82. The fraction of sp³-hybridized carbons (Fsp3) is 0.833. The van der Waals surface area contributed by atoms with Crippen molar-refractivity contribution in [1.82, 2.24) is 10.2 Å². The van der Waals surface area contributed by atoms with Crippen molar-refractivity contribution in [3.8, 4) is 0 Å². The minimum Gasteiger partial charge on any atom is -0.370 e. The van der Waals surface area contributed by atoms with Gasteiger partial charge in [0.1, 0.15) is 0 Å². The third-order valence-corrected chi connectivity index (χ3v) is 3.01. The Labute approximate surface area is 103 Å². The molecule has 1 heterocycles. The van der Waals surface area contributed by atoms with Crippen LogP contribution in [0.3, 0.4) is 0 Å². The number of nitrogens with two attached hydrogens (primary N) is 1. The molecule has 5 heteroatoms. The van der Waals surface area contributed by atoms with Crippen LogP contribution in [0.2, 0.25) is 0 Å². The Morgan fingerprint density at radius 2 is 1.76 bits per heavy atom. The molecule has 0 aromatic carbocycles. The van der Waals surface area contributed by atoms with Crippen molar-refractivity contribution in [3.05, 3.63) is 0 Å². The quantitative estimate of drug-likeness (QED) is 0.654. The van der Waals surface area contributed by atoms with Crippen molar-refractivity contribution in [2.45, 2.75) is 38.5 Å². The van der Waals surface area contributed by atoms with E-state index in [-0.39, 0.29) is 11.8 Å². The van der Waals surface area contributed by atoms with Crippen LogP contribution < -0.4 is 11.1 Å². The van der Waals surface area contributed by atoms with E-state index in [1.165, 1.54) is 12.8 Å². The zero-order valence-corrected chi connectivity index (χ0v) is 10.4. The molecule has 1 rings (SSSR count). The third-order valence-electron chi connectivity index (χ3n) is 3.01. The number of hydrogen-bond acceptors (Lipinski definition) is 3. The van der Waals surface area contributed by atoms with Gasteiger partial charge in [-0.15, -0.1) is 0 Å². The molecule has 0 radical (unpaired) electrons. The van der Waals surface area contributed by atoms with Crippen molar-refractivity contribution in [1.29, 1.82) is 0 Å². The first kappa shape index (κ1) is 14.0. The lowest BCUT2D eigenvalue weighted by Gasteiger charge is -2.20. The zero-order valence-electron chi connectivity index (χ0n) is 10.4. The summed E-state index contributed by atoms with van der Waals surface area (Å²) in [5.74, 6) is -0.114. The molecule has 1 aliphatic heterocycles. The summed E-state index contributed by atoms with van der Waals surface area (Å²) in [5, 5.41) is 3.06. The van der Waals surface area contributed by atoms with Gasteiger partial charge in [0, 0.05) is 19.5 Å². The van der Waals surface area contributed by atoms with E-state index in [2.05, 4.69) is 5.32 Å². The van der Waals surface area contributed by atoms with Gasteiger partial charge in [-0.25, -0.2) is 0 Å². The van der Waals surface area contributed by atoms with Crippen molar-refractivity contribution < 1.29 is 9.59 Å². The van der Waals surface area contributed by atoms with E-state index < -0.39 is 0 Å². The summed E-state index contributed by atoms with van der Waals surface area (Å²) >= 11 is 0. The largest absolute Gasteiger partial charge is 0.370 e. The first-order valence-electron chi connectivity index (χ1n) is 6.47. The molecule has 0 unspecified atom stereocenters. The van der Waals surface area contributed by atoms with E-state index in [0.29, 0.717) is 25.9 Å². The zero-order chi connectivity index (χ0) is 12.5. The van der Waals surface area contributed by atoms with Gasteiger partial charge in [-0.2, -0.15) is 0 Å². The monoisotopic (exact) mass is 241 g/mol. The first-order valence-corrected chi connectivity index (χ1v) is 6.47. The molecule has 17 heavy (non-hydrogen) atoms. The van der Waals surface area contributed by atoms with Crippen LogP contribution in [0, 0.1) is 0 Å². The standard InChI is InChI=1S/C12H23N3O2/c13-11(16)6-5-7-14-10-12(17)15-8-3-1-2-4-9-15/h14H,1-10H2,(H2,13,16). The summed E-state index contributed by atoms with van der Waals surface area (Å²) < 4.78 is 0. The van der Waals surface area contributed by atoms with Gasteiger partial charge in [0.2, 0.25) is 11.8 Å². The number of carbonyl (C=O) groups is 2. The van der Waals surface area contributed by atoms with Crippen LogP contribution in [0.4, 0.5) is 0 Å². The summed E-state index contributed by atoms with van der Waals surface area (Å²) in [6, 6.07) is 0. The molecule has 0 spiro atoms. The minimum absolute atomic E-state index is 0.172. The number of likely N-dealkylation sites (tertiary alicyclic amines) is 1. The lowest BCUT2D eigenvalue weighted by molar-refractivity contribution is -0.130. The van der Waals surface area contributed by atoms with Crippen molar-refractivity contribution in [3.63, 3.8) is 0 Å². The minimum atomic E-state index is -0.286. The average Bonchev–Trinajstić information content (AvgIpc) is 2.56. The molecule has 0 bridgehead atoms. The Kier molecular flexibility index (Phi) is 6.62. The second kappa shape index (κ2) is 8.06. The highest BCUT2D eigenvalue weighted by molar-refractivity contribution is 5.78. The smallest absolute Gasteiger partial charge is 0.236 e. The van der Waals surface area contributed by atoms with Gasteiger partial charge in [-0.1, -0.05) is 12.8 Å². The summed E-state index contributed by atoms with van der Waals surface area (Å²) in [7, 11) is 0. The van der Waals surface area contributed by atoms with Crippen LogP contribution in [-0.2, 0) is 9.59 Å². The molecule has 0 aromatic rings. The molecule has 0 saturated carbocycles. The summed E-state index contributed by atoms with van der Waals surface area (Å²) in [6.07, 6.45) is 5.78. The van der Waals surface area contributed by atoms with Crippen LogP contribution in [-0.4, -0.2) is 42.9 Å². The molecule has 0 aliphatic carbocycles. The topological polar surface area (TPSA) is 75.4 Å². The maximum atomic E-state index is 11.8. The van der Waals surface area contributed by atoms with Gasteiger partial charge in [-0.3, -0.25) is 9.59 Å². The maximum absolute atomic E-state index is 11.8. The molecule has 0 atom stereocenters. The van der Waals surface area contributed by atoms with Crippen LogP contribution >= 0.6 is 0 Å². The van der Waals surface area contributed by atoms with E-state index in [1.807, 2.05) is 4.90 Å². The van der Waals surface area contributed by atoms with E-state index in [9.17, 15) is 9.59 Å². The lowest BCUT2D eigenvalue weighted by Crippen LogP contribution is -2.39. The van der Waals surface area contributed by atoms with Gasteiger partial charge in [-0.05, 0) is 25.8 Å². The van der Waals surface area contributed by atoms with Crippen molar-refractivity contribution in [2.75, 3.05) is 26.2 Å². The Balaban J connectivity index is 2.09. The average molecular weight is 241 g/mol. The Hall–Kier alpha value is -1.10. The van der Waals surface area contributed by atoms with Gasteiger partial charge in [0.25, 0.3) is 0 Å². The number of carbonyl (C=O) groups excluding carboxylic acids is 2. The SMILES string of the molecule is NC(=O)CCCNCC(=O)N1CCCCCC1. The Bertz CT molecular complexity index is 248. The first-order chi connectivity index (χ1) is 8.20. The molecule has 98 valence electrons. The van der Waals surface area contributed by atoms with Crippen LogP contribution in [0.15, 0.2) is 0 Å². The van der Waals surface area contributed by atoms with Crippen LogP contribution in [0.25, 0.3) is 0 Å². The molecule has 0 aromatic heterocycles. The third kappa shape index (κ3) is 6.26. The number of primary amides is 1. The summed E-state index contributed by atoms with van der Waals surface area (Å²) in [5.41, 5.74) is 5.03. The van der Waals surface area contributed by atoms with Crippen molar-refractivity contribution in [2.24, 2.45) is 5.73 Å². The Morgan fingerprint density at radius 3 is 2.35 bits per heavy atom. The number of hydrogen-bond donors (Lipinski definition) is 2. The van der Waals surface area contributed by atoms with Crippen LogP contribution in [0.1, 0.15) is 38.5 Å². The predicted molar refractivity (Wildman–Crippen MR) is 66.3 cm³/mol. The fourth-order valence-electron chi connectivity index (χ4n) is 2.01. The number of nitrogens with zero attached hydrogens (tertiary/aromatic N) is 1. The second-order valence-electron chi connectivity index (χ2n) is 4.54. The van der Waals surface area contributed by atoms with E-state index in [0.717, 1.165) is 25.9 Å². The van der Waals surface area contributed by atoms with Gasteiger partial charge in [0.05, 0.1) is 6.54 Å². The fourth-order valence-corrected chi connectivity index (χ4v) is 2.01. The number of nitrogens with one attached hydrogen (secondary N) is 1. The highest BCUT2D eigenvalue weighted by Crippen LogP contribution is 2.09. The normalized spacial score (nSPS) is 16.6. The lowest BCUT2D eigenvalue weighted by atomic mass is 10.2. The molecule has 2 amide bonds. The highest BCUT2D eigenvalue weighted by atomic mass is 16.2. The van der Waals surface area contributed by atoms with Gasteiger partial charge >= 0.3 is 0 Å². The maximum Gasteiger partial charge on any atom is 0.236 e. The molecule has 1 saturated heterocycles. The molecule has 1 aliphatic rings. The van der Waals surface area contributed by atoms with E-state index >= 15 is 0 Å². The molecule has 3 N–H and O–H groups in total. The van der Waals surface area contributed by atoms with Gasteiger partial charge < -0.3 is 16.0 Å². The number of amides is 2. The summed E-state index contributed by atoms with van der Waals surface area (Å²) in [4.78, 5) is 24.3.